The molecule has 0 spiro atoms. The topological polar surface area (TPSA) is 20.2 Å². The van der Waals surface area contributed by atoms with E-state index in [0.717, 1.165) is 54.3 Å². The van der Waals surface area contributed by atoms with E-state index in [0.29, 0.717) is 10.8 Å². The van der Waals surface area contributed by atoms with E-state index in [1.165, 1.54) is 70.6 Å². The van der Waals surface area contributed by atoms with Crippen LogP contribution in [-0.4, -0.2) is 11.2 Å². The van der Waals surface area contributed by atoms with Gasteiger partial charge >= 0.3 is 0 Å². The van der Waals surface area contributed by atoms with Crippen LogP contribution in [0.2, 0.25) is 0 Å². The van der Waals surface area contributed by atoms with E-state index in [1.54, 1.807) is 0 Å². The molecule has 1 nitrogen and oxygen atoms in total. The van der Waals surface area contributed by atoms with E-state index in [1.807, 2.05) is 13.8 Å². The Bertz CT molecular complexity index is 555. The normalized spacial score (nSPS) is 45.2. The van der Waals surface area contributed by atoms with E-state index in [2.05, 4.69) is 34.6 Å². The van der Waals surface area contributed by atoms with E-state index < -0.39 is 0 Å². The maximum absolute atomic E-state index is 10.3. The fourth-order valence-corrected chi connectivity index (χ4v) is 9.69. The summed E-state index contributed by atoms with van der Waals surface area (Å²) in [6.45, 7) is 16.5. The van der Waals surface area contributed by atoms with Gasteiger partial charge in [-0.05, 0) is 116 Å². The zero-order valence-corrected chi connectivity index (χ0v) is 22.3. The molecule has 4 saturated carbocycles. The standard InChI is InChI=1S/C28H50O.C2H6/c1-6-28-17-15-25-23(11-10-21-18-22(29)14-16-27(21,25)5)26(28)13-12-24(28)20(4)9-7-8-19(2)3;1-2/h19-26,29H,6-18H2,1-5H3;1-2H3/t20-,21?,22?,23?,24?,25?,26?,27?,28?;/m1./s1. The lowest BCUT2D eigenvalue weighted by molar-refractivity contribution is -0.134. The highest BCUT2D eigenvalue weighted by Gasteiger charge is 2.61. The van der Waals surface area contributed by atoms with Crippen molar-refractivity contribution in [2.75, 3.05) is 0 Å². The van der Waals surface area contributed by atoms with Crippen molar-refractivity contribution in [2.45, 2.75) is 138 Å². The van der Waals surface area contributed by atoms with Gasteiger partial charge in [0, 0.05) is 0 Å². The molecule has 8 unspecified atom stereocenters. The summed E-state index contributed by atoms with van der Waals surface area (Å²) in [4.78, 5) is 0. The van der Waals surface area contributed by atoms with Crippen LogP contribution in [0.1, 0.15) is 132 Å². The molecule has 31 heavy (non-hydrogen) atoms. The molecule has 4 aliphatic rings. The number of fused-ring (bicyclic) bond motifs is 5. The second kappa shape index (κ2) is 10.5. The van der Waals surface area contributed by atoms with Crippen LogP contribution >= 0.6 is 0 Å². The summed E-state index contributed by atoms with van der Waals surface area (Å²) in [6, 6.07) is 0. The molecule has 0 radical (unpaired) electrons. The van der Waals surface area contributed by atoms with E-state index in [-0.39, 0.29) is 6.10 Å². The van der Waals surface area contributed by atoms with Crippen LogP contribution in [0.25, 0.3) is 0 Å². The first kappa shape index (κ1) is 25.6. The van der Waals surface area contributed by atoms with Crippen molar-refractivity contribution in [3.8, 4) is 0 Å². The highest BCUT2D eigenvalue weighted by molar-refractivity contribution is 5.10. The lowest BCUT2D eigenvalue weighted by Gasteiger charge is -2.61. The molecule has 1 heteroatoms. The minimum absolute atomic E-state index is 0.00880. The van der Waals surface area contributed by atoms with Crippen LogP contribution in [0.15, 0.2) is 0 Å². The third-order valence-corrected chi connectivity index (χ3v) is 11.2. The Morgan fingerprint density at radius 3 is 2.29 bits per heavy atom. The van der Waals surface area contributed by atoms with E-state index in [4.69, 9.17) is 0 Å². The third-order valence-electron chi connectivity index (χ3n) is 11.2. The number of aliphatic hydroxyl groups is 1. The van der Waals surface area contributed by atoms with Crippen molar-refractivity contribution in [3.05, 3.63) is 0 Å². The van der Waals surface area contributed by atoms with Gasteiger partial charge in [0.25, 0.3) is 0 Å². The molecule has 1 N–H and O–H groups in total. The first-order chi connectivity index (χ1) is 14.8. The Morgan fingerprint density at radius 1 is 0.871 bits per heavy atom. The predicted molar refractivity (Wildman–Crippen MR) is 135 cm³/mol. The quantitative estimate of drug-likeness (QED) is 0.444. The zero-order chi connectivity index (χ0) is 22.8. The minimum atomic E-state index is -0.00880. The Balaban J connectivity index is 0.00000132. The molecule has 0 bridgehead atoms. The Morgan fingerprint density at radius 2 is 1.61 bits per heavy atom. The van der Waals surface area contributed by atoms with Crippen LogP contribution in [0.5, 0.6) is 0 Å². The maximum atomic E-state index is 10.3. The summed E-state index contributed by atoms with van der Waals surface area (Å²) in [5.41, 5.74) is 1.19. The summed E-state index contributed by atoms with van der Waals surface area (Å²) in [5, 5.41) is 10.3. The Labute approximate surface area is 195 Å². The van der Waals surface area contributed by atoms with Gasteiger partial charge in [-0.3, -0.25) is 0 Å². The van der Waals surface area contributed by atoms with Crippen molar-refractivity contribution in [3.63, 3.8) is 0 Å². The second-order valence-electron chi connectivity index (χ2n) is 12.7. The van der Waals surface area contributed by atoms with Gasteiger partial charge < -0.3 is 5.11 Å². The van der Waals surface area contributed by atoms with Gasteiger partial charge in [0.1, 0.15) is 0 Å². The van der Waals surface area contributed by atoms with Crippen molar-refractivity contribution < 1.29 is 5.11 Å². The van der Waals surface area contributed by atoms with Gasteiger partial charge in [0.2, 0.25) is 0 Å². The largest absolute Gasteiger partial charge is 0.393 e. The average molecular weight is 433 g/mol. The molecule has 4 rings (SSSR count). The Hall–Kier alpha value is -0.0400. The molecule has 0 saturated heterocycles. The fourth-order valence-electron chi connectivity index (χ4n) is 9.69. The van der Waals surface area contributed by atoms with Gasteiger partial charge in [0.15, 0.2) is 0 Å². The molecular weight excluding hydrogens is 376 g/mol. The number of hydrogen-bond donors (Lipinski definition) is 1. The first-order valence-corrected chi connectivity index (χ1v) is 14.5. The van der Waals surface area contributed by atoms with Crippen molar-refractivity contribution in [1.29, 1.82) is 0 Å². The summed E-state index contributed by atoms with van der Waals surface area (Å²) in [6.07, 6.45) is 18.1. The highest BCUT2D eigenvalue weighted by atomic mass is 16.3. The smallest absolute Gasteiger partial charge is 0.0543 e. The molecule has 0 aromatic rings. The lowest BCUT2D eigenvalue weighted by Crippen LogP contribution is -2.54. The molecule has 9 atom stereocenters. The summed E-state index contributed by atoms with van der Waals surface area (Å²) < 4.78 is 0. The van der Waals surface area contributed by atoms with Gasteiger partial charge in [-0.1, -0.05) is 67.7 Å². The fraction of sp³-hybridized carbons (Fsp3) is 1.00. The van der Waals surface area contributed by atoms with Crippen LogP contribution < -0.4 is 0 Å². The second-order valence-corrected chi connectivity index (χ2v) is 12.7. The number of aliphatic hydroxyl groups excluding tert-OH is 1. The molecule has 182 valence electrons. The van der Waals surface area contributed by atoms with Crippen molar-refractivity contribution >= 4 is 0 Å². The Kier molecular flexibility index (Phi) is 8.65. The maximum Gasteiger partial charge on any atom is 0.0543 e. The zero-order valence-electron chi connectivity index (χ0n) is 22.3. The monoisotopic (exact) mass is 432 g/mol. The average Bonchev–Trinajstić information content (AvgIpc) is 3.15. The van der Waals surface area contributed by atoms with Gasteiger partial charge in [0.05, 0.1) is 6.10 Å². The van der Waals surface area contributed by atoms with Crippen LogP contribution in [-0.2, 0) is 0 Å². The third kappa shape index (κ3) is 4.65. The molecule has 0 amide bonds. The van der Waals surface area contributed by atoms with Crippen LogP contribution in [0.3, 0.4) is 0 Å². The number of rotatable bonds is 6. The summed E-state index contributed by atoms with van der Waals surface area (Å²) in [5.74, 6) is 6.53. The van der Waals surface area contributed by atoms with Crippen molar-refractivity contribution in [1.82, 2.24) is 0 Å². The summed E-state index contributed by atoms with van der Waals surface area (Å²) in [7, 11) is 0. The lowest BCUT2D eigenvalue weighted by atomic mass is 9.43. The molecule has 4 aliphatic carbocycles. The molecule has 0 aromatic heterocycles. The van der Waals surface area contributed by atoms with Crippen molar-refractivity contribution in [2.24, 2.45) is 52.3 Å². The highest BCUT2D eigenvalue weighted by Crippen LogP contribution is 2.69. The molecular formula is C30H56O. The molecule has 0 aromatic carbocycles. The minimum Gasteiger partial charge on any atom is -0.393 e. The molecule has 0 aliphatic heterocycles. The van der Waals surface area contributed by atoms with Crippen LogP contribution in [0, 0.1) is 52.3 Å². The van der Waals surface area contributed by atoms with Gasteiger partial charge in [-0.2, -0.15) is 0 Å². The molecule has 0 heterocycles. The molecule has 4 fully saturated rings. The predicted octanol–water partition coefficient (Wildman–Crippen LogP) is 8.88. The van der Waals surface area contributed by atoms with Crippen LogP contribution in [0.4, 0.5) is 0 Å². The number of hydrogen-bond acceptors (Lipinski definition) is 1. The van der Waals surface area contributed by atoms with E-state index >= 15 is 0 Å². The summed E-state index contributed by atoms with van der Waals surface area (Å²) >= 11 is 0. The SMILES string of the molecule is CC.CCC12CCC3C(CCC4CC(O)CCC43C)C1CCC2[C@H](C)CCCC(C)C. The van der Waals surface area contributed by atoms with Gasteiger partial charge in [-0.15, -0.1) is 0 Å². The van der Waals surface area contributed by atoms with E-state index in [9.17, 15) is 5.11 Å². The van der Waals surface area contributed by atoms with Gasteiger partial charge in [-0.25, -0.2) is 0 Å². The first-order valence-electron chi connectivity index (χ1n) is 14.5.